The molecule has 0 spiro atoms. The summed E-state index contributed by atoms with van der Waals surface area (Å²) >= 11 is 0. The Morgan fingerprint density at radius 3 is 2.31 bits per heavy atom. The van der Waals surface area contributed by atoms with Crippen molar-refractivity contribution in [2.45, 2.75) is 32.7 Å². The van der Waals surface area contributed by atoms with Gasteiger partial charge in [-0.2, -0.15) is 0 Å². The van der Waals surface area contributed by atoms with Gasteiger partial charge in [-0.25, -0.2) is 4.79 Å². The fourth-order valence-corrected chi connectivity index (χ4v) is 2.69. The van der Waals surface area contributed by atoms with Crippen molar-refractivity contribution in [1.82, 2.24) is 4.90 Å². The van der Waals surface area contributed by atoms with Gasteiger partial charge in [-0.3, -0.25) is 4.79 Å². The number of benzene rings is 2. The maximum atomic E-state index is 12.2. The lowest BCUT2D eigenvalue weighted by Gasteiger charge is -2.22. The van der Waals surface area contributed by atoms with Gasteiger partial charge < -0.3 is 14.7 Å². The van der Waals surface area contributed by atoms with Gasteiger partial charge in [0.25, 0.3) is 0 Å². The van der Waals surface area contributed by atoms with Crippen molar-refractivity contribution in [2.24, 2.45) is 0 Å². The molecular formula is C21H25NO4. The average Bonchev–Trinajstić information content (AvgIpc) is 2.66. The highest BCUT2D eigenvalue weighted by Gasteiger charge is 2.12. The number of rotatable bonds is 10. The van der Waals surface area contributed by atoms with Crippen molar-refractivity contribution in [1.29, 1.82) is 0 Å². The molecule has 138 valence electrons. The predicted molar refractivity (Wildman–Crippen MR) is 100 cm³/mol. The molecule has 0 fully saturated rings. The van der Waals surface area contributed by atoms with E-state index < -0.39 is 5.97 Å². The molecule has 1 N–H and O–H groups in total. The lowest BCUT2D eigenvalue weighted by molar-refractivity contribution is -0.139. The normalized spacial score (nSPS) is 10.3. The van der Waals surface area contributed by atoms with Crippen molar-refractivity contribution in [3.05, 3.63) is 65.7 Å². The van der Waals surface area contributed by atoms with Crippen molar-refractivity contribution < 1.29 is 19.4 Å². The van der Waals surface area contributed by atoms with Crippen LogP contribution < -0.4 is 4.74 Å². The molecule has 5 nitrogen and oxygen atoms in total. The molecule has 2 rings (SSSR count). The second-order valence-electron chi connectivity index (χ2n) is 6.08. The molecule has 0 radical (unpaired) electrons. The Balaban J connectivity index is 1.90. The molecule has 0 heterocycles. The summed E-state index contributed by atoms with van der Waals surface area (Å²) in [6.07, 6.45) is 2.33. The molecule has 0 unspecified atom stereocenters. The molecule has 0 saturated carbocycles. The van der Waals surface area contributed by atoms with Crippen LogP contribution in [0, 0.1) is 0 Å². The highest BCUT2D eigenvalue weighted by molar-refractivity contribution is 5.75. The van der Waals surface area contributed by atoms with E-state index in [1.165, 1.54) is 5.56 Å². The third kappa shape index (κ3) is 6.59. The van der Waals surface area contributed by atoms with E-state index in [-0.39, 0.29) is 12.5 Å². The van der Waals surface area contributed by atoms with Crippen LogP contribution in [-0.2, 0) is 22.6 Å². The standard InChI is InChI=1S/C21H25NO4/c1-2-20(23)22(14-6-9-17-7-4-3-5-8-17)15-18-10-12-19(13-11-18)26-16-21(24)25/h3-5,7-8,10-13H,2,6,9,14-16H2,1H3,(H,24,25). The van der Waals surface area contributed by atoms with Gasteiger partial charge in [0.1, 0.15) is 5.75 Å². The summed E-state index contributed by atoms with van der Waals surface area (Å²) in [5.74, 6) is -0.370. The summed E-state index contributed by atoms with van der Waals surface area (Å²) in [5, 5.41) is 8.63. The first-order chi connectivity index (χ1) is 12.6. The summed E-state index contributed by atoms with van der Waals surface area (Å²) in [4.78, 5) is 24.6. The molecule has 0 bridgehead atoms. The molecule has 2 aromatic rings. The summed E-state index contributed by atoms with van der Waals surface area (Å²) in [5.41, 5.74) is 2.27. The van der Waals surface area contributed by atoms with Gasteiger partial charge in [0.2, 0.25) is 5.91 Å². The van der Waals surface area contributed by atoms with Crippen LogP contribution in [0.1, 0.15) is 30.9 Å². The quantitative estimate of drug-likeness (QED) is 0.708. The van der Waals surface area contributed by atoms with Gasteiger partial charge in [0.15, 0.2) is 6.61 Å². The number of hydrogen-bond donors (Lipinski definition) is 1. The van der Waals surface area contributed by atoms with Crippen LogP contribution in [0.5, 0.6) is 5.75 Å². The zero-order valence-electron chi connectivity index (χ0n) is 15.1. The molecule has 0 aliphatic carbocycles. The average molecular weight is 355 g/mol. The third-order valence-electron chi connectivity index (χ3n) is 4.05. The van der Waals surface area contributed by atoms with Gasteiger partial charge in [0.05, 0.1) is 0 Å². The molecule has 0 saturated heterocycles. The van der Waals surface area contributed by atoms with Gasteiger partial charge in [-0.05, 0) is 36.1 Å². The number of carbonyl (C=O) groups excluding carboxylic acids is 1. The number of carboxylic acids is 1. The highest BCUT2D eigenvalue weighted by Crippen LogP contribution is 2.15. The summed E-state index contributed by atoms with van der Waals surface area (Å²) in [6, 6.07) is 17.4. The summed E-state index contributed by atoms with van der Waals surface area (Å²) < 4.78 is 5.13. The molecular weight excluding hydrogens is 330 g/mol. The second kappa shape index (κ2) is 10.2. The van der Waals surface area contributed by atoms with Gasteiger partial charge in [-0.15, -0.1) is 0 Å². The van der Waals surface area contributed by atoms with E-state index in [0.29, 0.717) is 25.3 Å². The molecule has 1 amide bonds. The second-order valence-corrected chi connectivity index (χ2v) is 6.08. The number of carboxylic acid groups (broad SMARTS) is 1. The Morgan fingerprint density at radius 1 is 1.00 bits per heavy atom. The summed E-state index contributed by atoms with van der Waals surface area (Å²) in [7, 11) is 0. The maximum Gasteiger partial charge on any atom is 0.341 e. The van der Waals surface area contributed by atoms with E-state index in [4.69, 9.17) is 9.84 Å². The number of carbonyl (C=O) groups is 2. The maximum absolute atomic E-state index is 12.2. The Hall–Kier alpha value is -2.82. The van der Waals surface area contributed by atoms with Crippen molar-refractivity contribution >= 4 is 11.9 Å². The predicted octanol–water partition coefficient (Wildman–Crippen LogP) is 3.52. The fourth-order valence-electron chi connectivity index (χ4n) is 2.69. The van der Waals surface area contributed by atoms with E-state index in [2.05, 4.69) is 12.1 Å². The summed E-state index contributed by atoms with van der Waals surface area (Å²) in [6.45, 7) is 2.76. The van der Waals surface area contributed by atoms with E-state index in [9.17, 15) is 9.59 Å². The monoisotopic (exact) mass is 355 g/mol. The van der Waals surface area contributed by atoms with E-state index >= 15 is 0 Å². The third-order valence-corrected chi connectivity index (χ3v) is 4.05. The first-order valence-corrected chi connectivity index (χ1v) is 8.83. The molecule has 0 aliphatic heterocycles. The highest BCUT2D eigenvalue weighted by atomic mass is 16.5. The van der Waals surface area contributed by atoms with Crippen molar-refractivity contribution in [2.75, 3.05) is 13.2 Å². The van der Waals surface area contributed by atoms with Crippen LogP contribution in [0.15, 0.2) is 54.6 Å². The van der Waals surface area contributed by atoms with E-state index in [0.717, 1.165) is 18.4 Å². The Bertz CT molecular complexity index is 698. The number of nitrogens with zero attached hydrogens (tertiary/aromatic N) is 1. The number of hydrogen-bond acceptors (Lipinski definition) is 3. The zero-order chi connectivity index (χ0) is 18.8. The number of aryl methyl sites for hydroxylation is 1. The number of ether oxygens (including phenoxy) is 1. The van der Waals surface area contributed by atoms with E-state index in [1.54, 1.807) is 12.1 Å². The van der Waals surface area contributed by atoms with Crippen molar-refractivity contribution in [3.8, 4) is 5.75 Å². The number of aliphatic carboxylic acids is 1. The Labute approximate surface area is 154 Å². The first kappa shape index (κ1) is 19.5. The lowest BCUT2D eigenvalue weighted by atomic mass is 10.1. The molecule has 0 aliphatic rings. The van der Waals surface area contributed by atoms with Crippen LogP contribution in [0.3, 0.4) is 0 Å². The molecule has 5 heteroatoms. The van der Waals surface area contributed by atoms with Crippen LogP contribution in [-0.4, -0.2) is 35.0 Å². The van der Waals surface area contributed by atoms with Crippen molar-refractivity contribution in [3.63, 3.8) is 0 Å². The fraction of sp³-hybridized carbons (Fsp3) is 0.333. The van der Waals surface area contributed by atoms with Crippen LogP contribution in [0.25, 0.3) is 0 Å². The zero-order valence-corrected chi connectivity index (χ0v) is 15.1. The van der Waals surface area contributed by atoms with Gasteiger partial charge in [-0.1, -0.05) is 49.4 Å². The van der Waals surface area contributed by atoms with Gasteiger partial charge >= 0.3 is 5.97 Å². The molecule has 2 aromatic carbocycles. The Kier molecular flexibility index (Phi) is 7.68. The molecule has 26 heavy (non-hydrogen) atoms. The first-order valence-electron chi connectivity index (χ1n) is 8.83. The molecule has 0 atom stereocenters. The SMILES string of the molecule is CCC(=O)N(CCCc1ccccc1)Cc1ccc(OCC(=O)O)cc1. The van der Waals surface area contributed by atoms with E-state index in [1.807, 2.05) is 42.2 Å². The smallest absolute Gasteiger partial charge is 0.341 e. The van der Waals surface area contributed by atoms with Crippen LogP contribution in [0.2, 0.25) is 0 Å². The molecule has 0 aromatic heterocycles. The lowest BCUT2D eigenvalue weighted by Crippen LogP contribution is -2.31. The van der Waals surface area contributed by atoms with Crippen LogP contribution in [0.4, 0.5) is 0 Å². The topological polar surface area (TPSA) is 66.8 Å². The number of amides is 1. The largest absolute Gasteiger partial charge is 0.482 e. The minimum absolute atomic E-state index is 0.129. The minimum Gasteiger partial charge on any atom is -0.482 e. The minimum atomic E-state index is -1.01. The van der Waals surface area contributed by atoms with Crippen LogP contribution >= 0.6 is 0 Å². The Morgan fingerprint density at radius 2 is 1.69 bits per heavy atom. The van der Waals surface area contributed by atoms with Gasteiger partial charge in [0, 0.05) is 19.5 Å².